The predicted molar refractivity (Wildman–Crippen MR) is 263 cm³/mol. The van der Waals surface area contributed by atoms with Gasteiger partial charge in [-0.05, 0) is 72.3 Å². The number of nitrogens with zero attached hydrogens (tertiary/aromatic N) is 3. The number of benzene rings is 9. The molecule has 0 aliphatic heterocycles. The van der Waals surface area contributed by atoms with Crippen LogP contribution in [0.1, 0.15) is 22.3 Å². The van der Waals surface area contributed by atoms with E-state index >= 15 is 0 Å². The normalized spacial score (nSPS) is 12.9. The fourth-order valence-corrected chi connectivity index (χ4v) is 15.5. The van der Waals surface area contributed by atoms with Gasteiger partial charge in [0.05, 0.1) is 22.1 Å². The Morgan fingerprint density at radius 1 is 0.381 bits per heavy atom. The van der Waals surface area contributed by atoms with E-state index in [2.05, 4.69) is 247 Å². The average Bonchev–Trinajstić information content (AvgIpc) is 3.86. The fourth-order valence-electron chi connectivity index (χ4n) is 10.7. The largest absolute Gasteiger partial charge is 0.278 e. The van der Waals surface area contributed by atoms with E-state index in [4.69, 9.17) is 9.97 Å². The van der Waals surface area contributed by atoms with E-state index in [1.807, 2.05) is 6.20 Å². The highest BCUT2D eigenvalue weighted by molar-refractivity contribution is 7.19. The molecule has 296 valence electrons. The van der Waals surface area contributed by atoms with E-state index < -0.39 is 13.5 Å². The van der Waals surface area contributed by atoms with Crippen LogP contribution < -0.4 is 20.7 Å². The molecule has 2 aromatic heterocycles. The van der Waals surface area contributed by atoms with Crippen molar-refractivity contribution in [3.8, 4) is 28.3 Å². The third-order valence-corrected chi connectivity index (χ3v) is 18.1. The maximum absolute atomic E-state index is 5.47. The van der Waals surface area contributed by atoms with Crippen molar-refractivity contribution in [2.24, 2.45) is 0 Å². The minimum Gasteiger partial charge on any atom is -0.278 e. The minimum absolute atomic E-state index is 0.528. The highest BCUT2D eigenvalue weighted by atomic mass is 28.3. The topological polar surface area (TPSA) is 30.7 Å². The molecule has 4 heteroatoms. The smallest absolute Gasteiger partial charge is 0.235 e. The molecule has 0 amide bonds. The van der Waals surface area contributed by atoms with E-state index in [-0.39, 0.29) is 0 Å². The number of aromatic nitrogens is 3. The first-order valence-electron chi connectivity index (χ1n) is 21.7. The first-order valence-corrected chi connectivity index (χ1v) is 23.7. The summed E-state index contributed by atoms with van der Waals surface area (Å²) in [6.45, 7) is 0. The molecule has 63 heavy (non-hydrogen) atoms. The number of para-hydroxylation sites is 1. The predicted octanol–water partition coefficient (Wildman–Crippen LogP) is 11.0. The minimum atomic E-state index is -2.76. The first-order chi connectivity index (χ1) is 31.3. The van der Waals surface area contributed by atoms with Crippen LogP contribution in [-0.4, -0.2) is 22.6 Å². The van der Waals surface area contributed by atoms with Crippen molar-refractivity contribution < 1.29 is 0 Å². The molecule has 9 aromatic carbocycles. The van der Waals surface area contributed by atoms with Gasteiger partial charge in [-0.1, -0.05) is 224 Å². The van der Waals surface area contributed by atoms with Gasteiger partial charge in [0, 0.05) is 22.5 Å². The molecule has 0 bridgehead atoms. The van der Waals surface area contributed by atoms with Crippen molar-refractivity contribution >= 4 is 50.6 Å². The highest BCUT2D eigenvalue weighted by Crippen LogP contribution is 2.56. The Bertz CT molecular complexity index is 3310. The Morgan fingerprint density at radius 2 is 0.905 bits per heavy atom. The molecule has 2 heterocycles. The van der Waals surface area contributed by atoms with E-state index in [0.717, 1.165) is 27.7 Å². The molecule has 0 atom stereocenters. The maximum atomic E-state index is 5.47. The summed E-state index contributed by atoms with van der Waals surface area (Å²) < 4.78 is 2.27. The van der Waals surface area contributed by atoms with Crippen molar-refractivity contribution in [2.45, 2.75) is 5.41 Å². The molecule has 0 saturated heterocycles. The molecule has 12 rings (SSSR count). The van der Waals surface area contributed by atoms with Crippen molar-refractivity contribution in [1.29, 1.82) is 0 Å². The van der Waals surface area contributed by atoms with Gasteiger partial charge in [-0.3, -0.25) is 4.57 Å². The number of fused-ring (bicyclic) bond motifs is 6. The van der Waals surface area contributed by atoms with Crippen LogP contribution in [0.3, 0.4) is 0 Å². The van der Waals surface area contributed by atoms with Gasteiger partial charge in [0.25, 0.3) is 0 Å². The summed E-state index contributed by atoms with van der Waals surface area (Å²) in [6.07, 6.45) is 1.92. The molecule has 0 unspecified atom stereocenters. The third kappa shape index (κ3) is 5.58. The van der Waals surface area contributed by atoms with Crippen LogP contribution in [0, 0.1) is 0 Å². The summed E-state index contributed by atoms with van der Waals surface area (Å²) in [7, 11) is -2.76. The summed E-state index contributed by atoms with van der Waals surface area (Å²) in [6, 6.07) is 88.9. The van der Waals surface area contributed by atoms with Crippen molar-refractivity contribution in [2.75, 3.05) is 0 Å². The highest BCUT2D eigenvalue weighted by Gasteiger charge is 2.46. The van der Waals surface area contributed by atoms with Gasteiger partial charge < -0.3 is 0 Å². The van der Waals surface area contributed by atoms with Gasteiger partial charge in [-0.2, -0.15) is 0 Å². The van der Waals surface area contributed by atoms with Crippen LogP contribution >= 0.6 is 0 Å². The monoisotopic (exact) mass is 819 g/mol. The van der Waals surface area contributed by atoms with Gasteiger partial charge in [-0.15, -0.1) is 0 Å². The molecule has 0 N–H and O–H groups in total. The molecule has 1 aliphatic carbocycles. The van der Waals surface area contributed by atoms with Gasteiger partial charge in [0.2, 0.25) is 5.95 Å². The number of hydrogen-bond donors (Lipinski definition) is 0. The van der Waals surface area contributed by atoms with E-state index in [1.54, 1.807) is 0 Å². The summed E-state index contributed by atoms with van der Waals surface area (Å²) in [5, 5.41) is 7.64. The van der Waals surface area contributed by atoms with E-state index in [1.165, 1.54) is 59.5 Å². The van der Waals surface area contributed by atoms with E-state index in [0.29, 0.717) is 5.95 Å². The van der Waals surface area contributed by atoms with Gasteiger partial charge >= 0.3 is 0 Å². The lowest BCUT2D eigenvalue weighted by Gasteiger charge is -2.34. The quantitative estimate of drug-likeness (QED) is 0.113. The first kappa shape index (κ1) is 36.9. The second-order valence-electron chi connectivity index (χ2n) is 16.5. The van der Waals surface area contributed by atoms with Crippen molar-refractivity contribution in [3.63, 3.8) is 0 Å². The summed E-state index contributed by atoms with van der Waals surface area (Å²) >= 11 is 0. The molecule has 0 saturated carbocycles. The molecule has 0 spiro atoms. The summed E-state index contributed by atoms with van der Waals surface area (Å²) in [4.78, 5) is 10.5. The molecule has 11 aromatic rings. The number of hydrogen-bond acceptors (Lipinski definition) is 2. The molecular formula is C59H41N3Si. The van der Waals surface area contributed by atoms with Crippen LogP contribution in [0.15, 0.2) is 249 Å². The Labute approximate surface area is 368 Å². The van der Waals surface area contributed by atoms with Crippen LogP contribution in [0.4, 0.5) is 0 Å². The van der Waals surface area contributed by atoms with E-state index in [9.17, 15) is 0 Å². The van der Waals surface area contributed by atoms with Crippen LogP contribution in [-0.2, 0) is 5.41 Å². The molecule has 1 aliphatic rings. The Kier molecular flexibility index (Phi) is 8.73. The van der Waals surface area contributed by atoms with Crippen LogP contribution in [0.25, 0.3) is 50.1 Å². The van der Waals surface area contributed by atoms with Crippen molar-refractivity contribution in [3.05, 3.63) is 271 Å². The van der Waals surface area contributed by atoms with Gasteiger partial charge in [0.15, 0.2) is 8.07 Å². The van der Waals surface area contributed by atoms with Crippen LogP contribution in [0.5, 0.6) is 0 Å². The molecule has 0 radical (unpaired) electrons. The lowest BCUT2D eigenvalue weighted by atomic mass is 9.67. The fraction of sp³-hybridized carbons (Fsp3) is 0.0169. The standard InChI is InChI=1S/C59H41N3Si/c1-5-21-43(22-6-1)59(53-33-16-13-30-49(53)50-31-14-17-34-54(50)59)44-36-37-52-51-32-15-18-35-56(51)62(57(52)41-44)58-60-39-38-55(61-58)42-20-19-29-48(40-42)63(45-23-7-2-8-24-45,46-25-9-3-10-26-46)47-27-11-4-12-28-47/h1-41H. The average molecular weight is 820 g/mol. The molecule has 0 fully saturated rings. The van der Waals surface area contributed by atoms with Gasteiger partial charge in [-0.25, -0.2) is 9.97 Å². The lowest BCUT2D eigenvalue weighted by Crippen LogP contribution is -2.74. The number of rotatable bonds is 8. The molecular weight excluding hydrogens is 779 g/mol. The SMILES string of the molecule is c1ccc(C2(c3ccc4c5ccccc5n(-c5nccc(-c6cccc([Si](c7ccccc7)(c7ccccc7)c7ccccc7)c6)n5)c4c3)c3ccccc3-c3ccccc32)cc1. The Morgan fingerprint density at radius 3 is 1.54 bits per heavy atom. The Hall–Kier alpha value is -7.92. The van der Waals surface area contributed by atoms with Gasteiger partial charge in [0.1, 0.15) is 0 Å². The second kappa shape index (κ2) is 14.9. The zero-order valence-electron chi connectivity index (χ0n) is 34.5. The second-order valence-corrected chi connectivity index (χ2v) is 20.3. The zero-order valence-corrected chi connectivity index (χ0v) is 35.5. The maximum Gasteiger partial charge on any atom is 0.235 e. The van der Waals surface area contributed by atoms with Crippen molar-refractivity contribution in [1.82, 2.24) is 14.5 Å². The summed E-state index contributed by atoms with van der Waals surface area (Å²) in [5.74, 6) is 0.639. The Balaban J connectivity index is 1.07. The summed E-state index contributed by atoms with van der Waals surface area (Å²) in [5.41, 5.74) is 11.1. The zero-order chi connectivity index (χ0) is 41.8. The lowest BCUT2D eigenvalue weighted by molar-refractivity contribution is 0.769. The van der Waals surface area contributed by atoms with Crippen LogP contribution in [0.2, 0.25) is 0 Å². The molecule has 3 nitrogen and oxygen atoms in total. The third-order valence-electron chi connectivity index (χ3n) is 13.3.